The molecule has 4 aromatic rings. The van der Waals surface area contributed by atoms with Crippen molar-refractivity contribution in [2.75, 3.05) is 0 Å². The lowest BCUT2D eigenvalue weighted by atomic mass is 10.00. The third-order valence-corrected chi connectivity index (χ3v) is 5.69. The molecule has 0 fully saturated rings. The quantitative estimate of drug-likeness (QED) is 0.589. The molecule has 0 aliphatic heterocycles. The molecule has 0 bridgehead atoms. The van der Waals surface area contributed by atoms with Crippen molar-refractivity contribution in [2.45, 2.75) is 6.04 Å². The van der Waals surface area contributed by atoms with Crippen LogP contribution in [-0.4, -0.2) is 4.98 Å². The molecule has 1 aromatic carbocycles. The molecule has 0 radical (unpaired) electrons. The fourth-order valence-electron chi connectivity index (χ4n) is 2.50. The second-order valence-electron chi connectivity index (χ2n) is 4.72. The van der Waals surface area contributed by atoms with Gasteiger partial charge in [-0.15, -0.1) is 22.7 Å². The molecular weight excluding hydrogens is 284 g/mol. The summed E-state index contributed by atoms with van der Waals surface area (Å²) in [6.45, 7) is 0. The summed E-state index contributed by atoms with van der Waals surface area (Å²) >= 11 is 3.55. The van der Waals surface area contributed by atoms with Gasteiger partial charge in [-0.2, -0.15) is 0 Å². The highest BCUT2D eigenvalue weighted by Crippen LogP contribution is 2.36. The van der Waals surface area contributed by atoms with Crippen molar-refractivity contribution >= 4 is 42.8 Å². The molecule has 0 aliphatic carbocycles. The predicted molar refractivity (Wildman–Crippen MR) is 87.5 cm³/mol. The molecule has 3 aromatic heterocycles. The average molecular weight is 296 g/mol. The van der Waals surface area contributed by atoms with Gasteiger partial charge in [0.2, 0.25) is 0 Å². The lowest BCUT2D eigenvalue weighted by Gasteiger charge is -2.12. The first kappa shape index (κ1) is 12.0. The van der Waals surface area contributed by atoms with Crippen LogP contribution in [0.4, 0.5) is 0 Å². The number of hydrogen-bond acceptors (Lipinski definition) is 4. The molecule has 0 amide bonds. The summed E-state index contributed by atoms with van der Waals surface area (Å²) in [5.41, 5.74) is 7.64. The average Bonchev–Trinajstić information content (AvgIpc) is 3.07. The van der Waals surface area contributed by atoms with E-state index in [1.165, 1.54) is 19.7 Å². The Balaban J connectivity index is 1.87. The first-order valence-corrected chi connectivity index (χ1v) is 8.08. The monoisotopic (exact) mass is 296 g/mol. The lowest BCUT2D eigenvalue weighted by Crippen LogP contribution is -2.10. The minimum Gasteiger partial charge on any atom is -0.320 e. The molecule has 2 nitrogen and oxygen atoms in total. The fourth-order valence-corrected chi connectivity index (χ4v) is 4.64. The van der Waals surface area contributed by atoms with E-state index in [2.05, 4.69) is 40.7 Å². The summed E-state index contributed by atoms with van der Waals surface area (Å²) in [7, 11) is 0. The molecule has 0 aliphatic rings. The van der Waals surface area contributed by atoms with E-state index < -0.39 is 0 Å². The standard InChI is InChI=1S/C16H12N2S2/c17-16(15-8-14-13(20-15)5-7-19-14)11-3-1-2-10-4-6-18-9-12(10)11/h1-9,16H,17H2. The molecule has 4 rings (SSSR count). The Kier molecular flexibility index (Phi) is 2.80. The smallest absolute Gasteiger partial charge is 0.0653 e. The predicted octanol–water partition coefficient (Wildman–Crippen LogP) is 4.56. The van der Waals surface area contributed by atoms with E-state index in [1.807, 2.05) is 18.5 Å². The lowest BCUT2D eigenvalue weighted by molar-refractivity contribution is 0.904. The number of aromatic nitrogens is 1. The van der Waals surface area contributed by atoms with Crippen LogP contribution in [0.1, 0.15) is 16.5 Å². The van der Waals surface area contributed by atoms with Crippen molar-refractivity contribution in [3.63, 3.8) is 0 Å². The van der Waals surface area contributed by atoms with E-state index in [0.717, 1.165) is 10.9 Å². The van der Waals surface area contributed by atoms with E-state index in [4.69, 9.17) is 5.73 Å². The number of rotatable bonds is 2. The number of nitrogens with zero attached hydrogens (tertiary/aromatic N) is 1. The summed E-state index contributed by atoms with van der Waals surface area (Å²) in [5.74, 6) is 0. The van der Waals surface area contributed by atoms with Gasteiger partial charge >= 0.3 is 0 Å². The van der Waals surface area contributed by atoms with Gasteiger partial charge in [0.15, 0.2) is 0 Å². The zero-order valence-electron chi connectivity index (χ0n) is 10.6. The molecule has 0 saturated heterocycles. The minimum atomic E-state index is -0.0903. The Labute approximate surface area is 124 Å². The Morgan fingerprint density at radius 2 is 2.05 bits per heavy atom. The van der Waals surface area contributed by atoms with Crippen LogP contribution in [0.5, 0.6) is 0 Å². The van der Waals surface area contributed by atoms with Crippen LogP contribution >= 0.6 is 22.7 Å². The topological polar surface area (TPSA) is 38.9 Å². The SMILES string of the molecule is NC(c1cc2sccc2s1)c1cccc2ccncc12. The van der Waals surface area contributed by atoms with Gasteiger partial charge in [0.1, 0.15) is 0 Å². The largest absolute Gasteiger partial charge is 0.320 e. The minimum absolute atomic E-state index is 0.0903. The first-order valence-electron chi connectivity index (χ1n) is 6.38. The van der Waals surface area contributed by atoms with Crippen molar-refractivity contribution in [1.29, 1.82) is 0 Å². The van der Waals surface area contributed by atoms with Crippen LogP contribution in [0.25, 0.3) is 20.2 Å². The molecule has 1 atom stereocenters. The van der Waals surface area contributed by atoms with Crippen LogP contribution in [0, 0.1) is 0 Å². The normalized spacial score (nSPS) is 13.1. The van der Waals surface area contributed by atoms with Crippen LogP contribution in [0.2, 0.25) is 0 Å². The first-order chi connectivity index (χ1) is 9.83. The summed E-state index contributed by atoms with van der Waals surface area (Å²) in [4.78, 5) is 5.44. The molecular formula is C16H12N2S2. The molecule has 0 spiro atoms. The summed E-state index contributed by atoms with van der Waals surface area (Å²) in [6.07, 6.45) is 3.72. The van der Waals surface area contributed by atoms with E-state index in [1.54, 1.807) is 22.7 Å². The maximum absolute atomic E-state index is 6.49. The number of pyridine rings is 1. The molecule has 2 N–H and O–H groups in total. The molecule has 4 heteroatoms. The van der Waals surface area contributed by atoms with E-state index in [-0.39, 0.29) is 6.04 Å². The van der Waals surface area contributed by atoms with Gasteiger partial charge in [-0.05, 0) is 34.5 Å². The summed E-state index contributed by atoms with van der Waals surface area (Å²) in [6, 6.07) is 12.6. The number of benzene rings is 1. The van der Waals surface area contributed by atoms with Gasteiger partial charge in [0.25, 0.3) is 0 Å². The summed E-state index contributed by atoms with van der Waals surface area (Å²) < 4.78 is 2.64. The van der Waals surface area contributed by atoms with Crippen molar-refractivity contribution in [2.24, 2.45) is 5.73 Å². The van der Waals surface area contributed by atoms with Crippen LogP contribution in [0.15, 0.2) is 54.2 Å². The van der Waals surface area contributed by atoms with Crippen molar-refractivity contribution in [3.8, 4) is 0 Å². The second kappa shape index (κ2) is 4.66. The van der Waals surface area contributed by atoms with E-state index in [0.29, 0.717) is 0 Å². The Morgan fingerprint density at radius 3 is 2.95 bits per heavy atom. The Bertz CT molecular complexity index is 858. The van der Waals surface area contributed by atoms with Crippen molar-refractivity contribution in [3.05, 3.63) is 64.6 Å². The molecule has 1 unspecified atom stereocenters. The Morgan fingerprint density at radius 1 is 1.10 bits per heavy atom. The van der Waals surface area contributed by atoms with Crippen LogP contribution in [0.3, 0.4) is 0 Å². The molecule has 98 valence electrons. The number of fused-ring (bicyclic) bond motifs is 2. The molecule has 0 saturated carbocycles. The summed E-state index contributed by atoms with van der Waals surface area (Å²) in [5, 5.41) is 4.45. The van der Waals surface area contributed by atoms with E-state index >= 15 is 0 Å². The highest BCUT2D eigenvalue weighted by Gasteiger charge is 2.15. The van der Waals surface area contributed by atoms with Gasteiger partial charge < -0.3 is 5.73 Å². The number of nitrogens with two attached hydrogens (primary N) is 1. The molecule has 3 heterocycles. The van der Waals surface area contributed by atoms with Gasteiger partial charge in [-0.25, -0.2) is 0 Å². The maximum atomic E-state index is 6.49. The number of hydrogen-bond donors (Lipinski definition) is 1. The van der Waals surface area contributed by atoms with E-state index in [9.17, 15) is 0 Å². The van der Waals surface area contributed by atoms with Gasteiger partial charge in [-0.3, -0.25) is 4.98 Å². The Hall–Kier alpha value is -1.75. The third kappa shape index (κ3) is 1.85. The number of thiophene rings is 2. The zero-order chi connectivity index (χ0) is 13.5. The van der Waals surface area contributed by atoms with Gasteiger partial charge in [0.05, 0.1) is 6.04 Å². The fraction of sp³-hybridized carbons (Fsp3) is 0.0625. The van der Waals surface area contributed by atoms with Gasteiger partial charge in [0, 0.05) is 32.1 Å². The highest BCUT2D eigenvalue weighted by molar-refractivity contribution is 7.27. The molecule has 20 heavy (non-hydrogen) atoms. The van der Waals surface area contributed by atoms with Crippen LogP contribution < -0.4 is 5.73 Å². The van der Waals surface area contributed by atoms with Crippen molar-refractivity contribution in [1.82, 2.24) is 4.98 Å². The maximum Gasteiger partial charge on any atom is 0.0653 e. The van der Waals surface area contributed by atoms with Crippen LogP contribution in [-0.2, 0) is 0 Å². The second-order valence-corrected chi connectivity index (χ2v) is 6.78. The van der Waals surface area contributed by atoms with Gasteiger partial charge in [-0.1, -0.05) is 18.2 Å². The van der Waals surface area contributed by atoms with Crippen molar-refractivity contribution < 1.29 is 0 Å². The third-order valence-electron chi connectivity index (χ3n) is 3.52. The zero-order valence-corrected chi connectivity index (χ0v) is 12.2. The highest BCUT2D eigenvalue weighted by atomic mass is 32.1.